The molecule has 1 fully saturated rings. The van der Waals surface area contributed by atoms with Crippen LogP contribution in [0.4, 0.5) is 0 Å². The molecule has 0 radical (unpaired) electrons. The molecule has 0 spiro atoms. The van der Waals surface area contributed by atoms with Crippen LogP contribution in [0.25, 0.3) is 11.3 Å². The lowest BCUT2D eigenvalue weighted by atomic mass is 10.0. The predicted molar refractivity (Wildman–Crippen MR) is 87.3 cm³/mol. The third kappa shape index (κ3) is 2.49. The number of hydroxylamine groups is 1. The molecule has 4 rings (SSSR count). The van der Waals surface area contributed by atoms with E-state index in [1.165, 1.54) is 6.39 Å². The first-order valence-corrected chi connectivity index (χ1v) is 7.77. The van der Waals surface area contributed by atoms with Crippen molar-refractivity contribution in [2.45, 2.75) is 11.8 Å². The highest BCUT2D eigenvalue weighted by Crippen LogP contribution is 2.60. The number of nitrogens with one attached hydrogen (secondary N) is 1. The summed E-state index contributed by atoms with van der Waals surface area (Å²) in [5.41, 5.74) is 5.73. The fourth-order valence-corrected chi connectivity index (χ4v) is 3.45. The van der Waals surface area contributed by atoms with E-state index in [0.29, 0.717) is 0 Å². The topological polar surface area (TPSA) is 75.4 Å². The van der Waals surface area contributed by atoms with E-state index in [0.717, 1.165) is 22.4 Å². The summed E-state index contributed by atoms with van der Waals surface area (Å²) < 4.78 is 5.01. The van der Waals surface area contributed by atoms with Crippen molar-refractivity contribution in [2.75, 3.05) is 0 Å². The molecule has 1 amide bonds. The van der Waals surface area contributed by atoms with E-state index in [1.807, 2.05) is 54.6 Å². The standard InChI is InChI=1S/C19H16N2O3/c22-19(21-23)18-16(13-4-2-1-3-5-13)17(18)14-8-6-12(7-9-14)15-10-24-11-20-15/h1-11,16-18,23H,(H,21,22)/t16-,17-,18-/m1/s1. The first-order valence-electron chi connectivity index (χ1n) is 7.77. The molecule has 0 unspecified atom stereocenters. The van der Waals surface area contributed by atoms with E-state index in [2.05, 4.69) is 4.98 Å². The van der Waals surface area contributed by atoms with E-state index in [-0.39, 0.29) is 23.7 Å². The summed E-state index contributed by atoms with van der Waals surface area (Å²) in [6, 6.07) is 17.9. The Morgan fingerprint density at radius 1 is 1.00 bits per heavy atom. The number of benzene rings is 2. The van der Waals surface area contributed by atoms with Crippen molar-refractivity contribution >= 4 is 5.91 Å². The van der Waals surface area contributed by atoms with Gasteiger partial charge in [-0.1, -0.05) is 54.6 Å². The smallest absolute Gasteiger partial charge is 0.247 e. The molecule has 1 aliphatic rings. The highest BCUT2D eigenvalue weighted by molar-refractivity contribution is 5.84. The second-order valence-corrected chi connectivity index (χ2v) is 5.96. The molecule has 0 saturated heterocycles. The van der Waals surface area contributed by atoms with Gasteiger partial charge in [-0.15, -0.1) is 0 Å². The Balaban J connectivity index is 1.63. The van der Waals surface area contributed by atoms with Crippen LogP contribution >= 0.6 is 0 Å². The van der Waals surface area contributed by atoms with Gasteiger partial charge in [0.2, 0.25) is 5.91 Å². The number of nitrogens with zero attached hydrogens (tertiary/aromatic N) is 1. The van der Waals surface area contributed by atoms with Crippen LogP contribution in [0.15, 0.2) is 71.7 Å². The third-order valence-electron chi connectivity index (χ3n) is 4.64. The molecule has 2 N–H and O–H groups in total. The maximum atomic E-state index is 12.0. The molecule has 24 heavy (non-hydrogen) atoms. The van der Waals surface area contributed by atoms with Crippen LogP contribution in [-0.4, -0.2) is 16.1 Å². The van der Waals surface area contributed by atoms with Crippen molar-refractivity contribution < 1.29 is 14.4 Å². The van der Waals surface area contributed by atoms with Crippen LogP contribution in [0.2, 0.25) is 0 Å². The van der Waals surface area contributed by atoms with E-state index in [1.54, 1.807) is 11.7 Å². The highest BCUT2D eigenvalue weighted by atomic mass is 16.5. The van der Waals surface area contributed by atoms with E-state index in [4.69, 9.17) is 9.62 Å². The Bertz CT molecular complexity index is 829. The minimum atomic E-state index is -0.338. The molecule has 3 atom stereocenters. The molecule has 0 aliphatic heterocycles. The van der Waals surface area contributed by atoms with E-state index < -0.39 is 0 Å². The summed E-state index contributed by atoms with van der Waals surface area (Å²) in [5, 5.41) is 9.03. The summed E-state index contributed by atoms with van der Waals surface area (Å²) >= 11 is 0. The van der Waals surface area contributed by atoms with Gasteiger partial charge in [0, 0.05) is 17.4 Å². The molecular weight excluding hydrogens is 304 g/mol. The van der Waals surface area contributed by atoms with Gasteiger partial charge >= 0.3 is 0 Å². The molecule has 1 saturated carbocycles. The molecule has 2 aromatic carbocycles. The number of amides is 1. The number of hydrogen-bond acceptors (Lipinski definition) is 4. The quantitative estimate of drug-likeness (QED) is 0.571. The molecule has 1 aromatic heterocycles. The number of aromatic nitrogens is 1. The fourth-order valence-electron chi connectivity index (χ4n) is 3.45. The van der Waals surface area contributed by atoms with Crippen molar-refractivity contribution in [1.29, 1.82) is 0 Å². The van der Waals surface area contributed by atoms with Crippen LogP contribution in [0.1, 0.15) is 23.0 Å². The molecule has 1 heterocycles. The van der Waals surface area contributed by atoms with E-state index >= 15 is 0 Å². The van der Waals surface area contributed by atoms with Gasteiger partial charge in [0.15, 0.2) is 6.39 Å². The van der Waals surface area contributed by atoms with Gasteiger partial charge in [-0.05, 0) is 11.1 Å². The van der Waals surface area contributed by atoms with E-state index in [9.17, 15) is 4.79 Å². The Hall–Kier alpha value is -2.92. The van der Waals surface area contributed by atoms with Crippen LogP contribution in [0, 0.1) is 5.92 Å². The van der Waals surface area contributed by atoms with Crippen LogP contribution < -0.4 is 5.48 Å². The zero-order valence-corrected chi connectivity index (χ0v) is 12.8. The lowest BCUT2D eigenvalue weighted by Gasteiger charge is -2.02. The Morgan fingerprint density at radius 2 is 1.67 bits per heavy atom. The second kappa shape index (κ2) is 5.94. The average molecular weight is 320 g/mol. The van der Waals surface area contributed by atoms with Crippen molar-refractivity contribution in [3.05, 3.63) is 78.4 Å². The molecule has 3 aromatic rings. The van der Waals surface area contributed by atoms with Gasteiger partial charge in [0.05, 0.1) is 5.92 Å². The third-order valence-corrected chi connectivity index (χ3v) is 4.64. The number of rotatable bonds is 4. The Kier molecular flexibility index (Phi) is 3.63. The first-order chi connectivity index (χ1) is 11.8. The summed E-state index contributed by atoms with van der Waals surface area (Å²) in [5.74, 6) is -0.452. The lowest BCUT2D eigenvalue weighted by Crippen LogP contribution is -2.21. The van der Waals surface area contributed by atoms with Gasteiger partial charge in [-0.25, -0.2) is 10.5 Å². The van der Waals surface area contributed by atoms with Crippen LogP contribution in [0.3, 0.4) is 0 Å². The Labute approximate surface area is 138 Å². The average Bonchev–Trinajstić information content (AvgIpc) is 3.15. The minimum Gasteiger partial charge on any atom is -0.451 e. The van der Waals surface area contributed by atoms with Gasteiger partial charge in [-0.2, -0.15) is 0 Å². The van der Waals surface area contributed by atoms with Gasteiger partial charge in [0.25, 0.3) is 0 Å². The summed E-state index contributed by atoms with van der Waals surface area (Å²) in [4.78, 5) is 16.1. The summed E-state index contributed by atoms with van der Waals surface area (Å²) in [6.45, 7) is 0. The maximum absolute atomic E-state index is 12.0. The summed E-state index contributed by atoms with van der Waals surface area (Å²) in [6.07, 6.45) is 3.00. The monoisotopic (exact) mass is 320 g/mol. The number of carbonyl (C=O) groups excluding carboxylic acids is 1. The molecule has 120 valence electrons. The van der Waals surface area contributed by atoms with Crippen molar-refractivity contribution in [3.63, 3.8) is 0 Å². The normalized spacial score (nSPS) is 22.1. The molecular formula is C19H16N2O3. The molecule has 1 aliphatic carbocycles. The van der Waals surface area contributed by atoms with Crippen LogP contribution in [-0.2, 0) is 4.79 Å². The van der Waals surface area contributed by atoms with Gasteiger partial charge in [-0.3, -0.25) is 10.0 Å². The number of carbonyl (C=O) groups is 1. The minimum absolute atomic E-state index is 0.0610. The van der Waals surface area contributed by atoms with Crippen molar-refractivity contribution in [1.82, 2.24) is 10.5 Å². The zero-order chi connectivity index (χ0) is 16.5. The van der Waals surface area contributed by atoms with Crippen molar-refractivity contribution in [3.8, 4) is 11.3 Å². The zero-order valence-electron chi connectivity index (χ0n) is 12.8. The second-order valence-electron chi connectivity index (χ2n) is 5.96. The number of oxazole rings is 1. The first kappa shape index (κ1) is 14.7. The lowest BCUT2D eigenvalue weighted by molar-refractivity contribution is -0.130. The Morgan fingerprint density at radius 3 is 2.25 bits per heavy atom. The van der Waals surface area contributed by atoms with Gasteiger partial charge < -0.3 is 4.42 Å². The SMILES string of the molecule is O=C(NO)[C@@H]1[C@H](c2ccccc2)[C@H]1c1ccc(-c2cocn2)cc1. The van der Waals surface area contributed by atoms with Gasteiger partial charge in [0.1, 0.15) is 12.0 Å². The highest BCUT2D eigenvalue weighted by Gasteiger charge is 2.56. The molecule has 0 bridgehead atoms. The van der Waals surface area contributed by atoms with Crippen molar-refractivity contribution in [2.24, 2.45) is 5.92 Å². The fraction of sp³-hybridized carbons (Fsp3) is 0.158. The maximum Gasteiger partial charge on any atom is 0.247 e. The van der Waals surface area contributed by atoms with Crippen LogP contribution in [0.5, 0.6) is 0 Å². The molecule has 5 heteroatoms. The summed E-state index contributed by atoms with van der Waals surface area (Å²) in [7, 11) is 0. The largest absolute Gasteiger partial charge is 0.451 e. The molecule has 5 nitrogen and oxygen atoms in total. The predicted octanol–water partition coefficient (Wildman–Crippen LogP) is 3.34. The number of hydrogen-bond donors (Lipinski definition) is 2.